The van der Waals surface area contributed by atoms with Gasteiger partial charge in [0, 0.05) is 24.3 Å². The predicted molar refractivity (Wildman–Crippen MR) is 102 cm³/mol. The zero-order valence-electron chi connectivity index (χ0n) is 15.6. The fourth-order valence-electron chi connectivity index (χ4n) is 3.86. The molecule has 11 nitrogen and oxygen atoms in total. The number of rotatable bonds is 4. The van der Waals surface area contributed by atoms with Gasteiger partial charge in [-0.25, -0.2) is 0 Å². The van der Waals surface area contributed by atoms with E-state index in [2.05, 4.69) is 5.32 Å². The van der Waals surface area contributed by atoms with E-state index >= 15 is 0 Å². The van der Waals surface area contributed by atoms with Crippen LogP contribution < -0.4 is 5.32 Å². The van der Waals surface area contributed by atoms with Crippen molar-refractivity contribution in [2.24, 2.45) is 10.8 Å². The molecule has 2 atom stereocenters. The summed E-state index contributed by atoms with van der Waals surface area (Å²) in [6.07, 6.45) is 0. The van der Waals surface area contributed by atoms with Crippen LogP contribution in [0.1, 0.15) is 23.2 Å². The summed E-state index contributed by atoms with van der Waals surface area (Å²) in [5.41, 5.74) is -4.83. The van der Waals surface area contributed by atoms with Gasteiger partial charge in [-0.15, -0.1) is 0 Å². The van der Waals surface area contributed by atoms with Gasteiger partial charge in [-0.3, -0.25) is 25.5 Å². The zero-order chi connectivity index (χ0) is 22.8. The summed E-state index contributed by atoms with van der Waals surface area (Å²) in [6, 6.07) is 14.9. The molecule has 1 heterocycles. The summed E-state index contributed by atoms with van der Waals surface area (Å²) in [7, 11) is 0. The van der Waals surface area contributed by atoms with Crippen molar-refractivity contribution in [1.82, 2.24) is 5.32 Å². The van der Waals surface area contributed by atoms with Crippen LogP contribution in [0.4, 0.5) is 11.4 Å². The van der Waals surface area contributed by atoms with E-state index in [0.717, 1.165) is 12.1 Å². The first-order valence-electron chi connectivity index (χ1n) is 8.70. The topological polar surface area (TPSA) is 193 Å². The molecular formula is C20H11N7O4. The summed E-state index contributed by atoms with van der Waals surface area (Å²) >= 11 is 0. The number of non-ortho nitro benzene ring substituents is 2. The van der Waals surface area contributed by atoms with E-state index in [4.69, 9.17) is 0 Å². The Kier molecular flexibility index (Phi) is 5.07. The van der Waals surface area contributed by atoms with Crippen molar-refractivity contribution >= 4 is 11.4 Å². The van der Waals surface area contributed by atoms with E-state index in [-0.39, 0.29) is 22.5 Å². The lowest BCUT2D eigenvalue weighted by molar-refractivity contribution is -0.385. The second-order valence-corrected chi connectivity index (χ2v) is 6.80. The predicted octanol–water partition coefficient (Wildman–Crippen LogP) is 2.96. The van der Waals surface area contributed by atoms with Crippen LogP contribution in [0.3, 0.4) is 0 Å². The maximum atomic E-state index is 11.2. The molecule has 0 unspecified atom stereocenters. The van der Waals surface area contributed by atoms with Gasteiger partial charge in [-0.2, -0.15) is 21.0 Å². The minimum atomic E-state index is -2.26. The number of hydrogen-bond acceptors (Lipinski definition) is 9. The Morgan fingerprint density at radius 3 is 1.39 bits per heavy atom. The van der Waals surface area contributed by atoms with Gasteiger partial charge in [0.15, 0.2) is 10.8 Å². The van der Waals surface area contributed by atoms with E-state index in [1.807, 2.05) is 0 Å². The molecule has 1 saturated heterocycles. The van der Waals surface area contributed by atoms with Gasteiger partial charge in [-0.1, -0.05) is 24.3 Å². The summed E-state index contributed by atoms with van der Waals surface area (Å²) in [6.45, 7) is 0. The lowest BCUT2D eigenvalue weighted by Gasteiger charge is -2.29. The molecule has 31 heavy (non-hydrogen) atoms. The third-order valence-corrected chi connectivity index (χ3v) is 5.36. The molecule has 0 aromatic heterocycles. The molecule has 0 bridgehead atoms. The SMILES string of the molecule is N#CC1(C#N)[C@@H](c2cccc([N+](=O)[O-])c2)N[C@H](c2cccc([N+](=O)[O-])c2)C1(C#N)C#N. The molecule has 3 rings (SSSR count). The van der Waals surface area contributed by atoms with E-state index in [9.17, 15) is 41.3 Å². The number of nitrogens with one attached hydrogen (secondary N) is 1. The second kappa shape index (κ2) is 7.53. The van der Waals surface area contributed by atoms with Crippen molar-refractivity contribution in [2.45, 2.75) is 12.1 Å². The molecule has 1 aliphatic rings. The number of nitro groups is 2. The molecule has 2 aromatic carbocycles. The van der Waals surface area contributed by atoms with Crippen molar-refractivity contribution in [3.05, 3.63) is 79.9 Å². The first kappa shape index (κ1) is 20.9. The van der Waals surface area contributed by atoms with E-state index in [1.54, 1.807) is 24.3 Å². The fourth-order valence-corrected chi connectivity index (χ4v) is 3.86. The van der Waals surface area contributed by atoms with Crippen LogP contribution in [0.15, 0.2) is 48.5 Å². The number of hydrogen-bond donors (Lipinski definition) is 1. The zero-order valence-corrected chi connectivity index (χ0v) is 15.6. The van der Waals surface area contributed by atoms with Gasteiger partial charge in [0.05, 0.1) is 46.2 Å². The Balaban J connectivity index is 2.29. The molecule has 11 heteroatoms. The normalized spacial score (nSPS) is 20.4. The average Bonchev–Trinajstić information content (AvgIpc) is 3.09. The van der Waals surface area contributed by atoms with Crippen LogP contribution in [0.25, 0.3) is 0 Å². The fraction of sp³-hybridized carbons (Fsp3) is 0.200. The van der Waals surface area contributed by atoms with Crippen molar-refractivity contribution < 1.29 is 9.85 Å². The van der Waals surface area contributed by atoms with Crippen LogP contribution in [-0.4, -0.2) is 9.85 Å². The van der Waals surface area contributed by atoms with Gasteiger partial charge >= 0.3 is 0 Å². The first-order chi connectivity index (χ1) is 14.8. The number of nitriles is 4. The highest BCUT2D eigenvalue weighted by Gasteiger charge is 2.69. The lowest BCUT2D eigenvalue weighted by Crippen LogP contribution is -2.39. The minimum Gasteiger partial charge on any atom is -0.298 e. The van der Waals surface area contributed by atoms with Gasteiger partial charge in [-0.05, 0) is 11.1 Å². The Morgan fingerprint density at radius 1 is 0.742 bits per heavy atom. The third kappa shape index (κ3) is 2.90. The summed E-state index contributed by atoms with van der Waals surface area (Å²) < 4.78 is 0. The number of nitrogens with zero attached hydrogens (tertiary/aromatic N) is 6. The van der Waals surface area contributed by atoms with Crippen LogP contribution >= 0.6 is 0 Å². The maximum absolute atomic E-state index is 11.2. The molecule has 0 radical (unpaired) electrons. The van der Waals surface area contributed by atoms with E-state index < -0.39 is 32.8 Å². The summed E-state index contributed by atoms with van der Waals surface area (Å²) in [5.74, 6) is 0. The number of benzene rings is 2. The van der Waals surface area contributed by atoms with Gasteiger partial charge in [0.25, 0.3) is 11.4 Å². The lowest BCUT2D eigenvalue weighted by atomic mass is 9.61. The van der Waals surface area contributed by atoms with Crippen LogP contribution in [0, 0.1) is 76.4 Å². The molecule has 0 aliphatic carbocycles. The third-order valence-electron chi connectivity index (χ3n) is 5.36. The first-order valence-corrected chi connectivity index (χ1v) is 8.70. The summed E-state index contributed by atoms with van der Waals surface area (Å²) in [4.78, 5) is 21.1. The second-order valence-electron chi connectivity index (χ2n) is 6.80. The van der Waals surface area contributed by atoms with Crippen LogP contribution in [-0.2, 0) is 0 Å². The highest BCUT2D eigenvalue weighted by Crippen LogP contribution is 2.60. The molecule has 0 spiro atoms. The Bertz CT molecular complexity index is 1140. The summed E-state index contributed by atoms with van der Waals surface area (Å²) in [5, 5.41) is 65.2. The van der Waals surface area contributed by atoms with Crippen molar-refractivity contribution in [3.8, 4) is 24.3 Å². The molecule has 2 aromatic rings. The smallest absolute Gasteiger partial charge is 0.269 e. The molecule has 0 amide bonds. The number of nitro benzene ring substituents is 2. The standard InChI is InChI=1S/C20H11N7O4/c21-9-19(10-22)17(13-3-1-5-15(7-13)26(28)29)25-18(20(19,11-23)12-24)14-4-2-6-16(8-14)27(30)31/h1-8,17-18,25H/t17-,18-/m1/s1. The van der Waals surface area contributed by atoms with Gasteiger partial charge < -0.3 is 0 Å². The van der Waals surface area contributed by atoms with Gasteiger partial charge in [0.1, 0.15) is 0 Å². The van der Waals surface area contributed by atoms with E-state index in [1.165, 1.54) is 36.4 Å². The van der Waals surface area contributed by atoms with Crippen LogP contribution in [0.5, 0.6) is 0 Å². The quantitative estimate of drug-likeness (QED) is 0.579. The van der Waals surface area contributed by atoms with Crippen molar-refractivity contribution in [3.63, 3.8) is 0 Å². The van der Waals surface area contributed by atoms with Crippen molar-refractivity contribution in [2.75, 3.05) is 0 Å². The van der Waals surface area contributed by atoms with Gasteiger partial charge in [0.2, 0.25) is 0 Å². The molecule has 1 fully saturated rings. The monoisotopic (exact) mass is 413 g/mol. The van der Waals surface area contributed by atoms with Crippen molar-refractivity contribution in [1.29, 1.82) is 21.0 Å². The highest BCUT2D eigenvalue weighted by atomic mass is 16.6. The molecule has 1 N–H and O–H groups in total. The minimum absolute atomic E-state index is 0.153. The maximum Gasteiger partial charge on any atom is 0.269 e. The highest BCUT2D eigenvalue weighted by molar-refractivity contribution is 5.51. The Morgan fingerprint density at radius 2 is 1.10 bits per heavy atom. The molecule has 1 aliphatic heterocycles. The molecule has 0 saturated carbocycles. The Hall–Kier alpha value is -4.84. The van der Waals surface area contributed by atoms with Crippen LogP contribution in [0.2, 0.25) is 0 Å². The largest absolute Gasteiger partial charge is 0.298 e. The Labute approximate surface area is 175 Å². The van der Waals surface area contributed by atoms with E-state index in [0.29, 0.717) is 0 Å². The average molecular weight is 413 g/mol. The molecule has 150 valence electrons. The molecular weight excluding hydrogens is 402 g/mol.